The van der Waals surface area contributed by atoms with Gasteiger partial charge in [-0.05, 0) is 23.3 Å². The number of aromatic nitrogens is 2. The van der Waals surface area contributed by atoms with Crippen molar-refractivity contribution in [3.05, 3.63) is 88.2 Å². The van der Waals surface area contributed by atoms with Crippen LogP contribution in [0.15, 0.2) is 65.5 Å². The molecule has 4 rings (SSSR count). The Morgan fingerprint density at radius 3 is 2.59 bits per heavy atom. The summed E-state index contributed by atoms with van der Waals surface area (Å²) >= 11 is 1.45. The Balaban J connectivity index is 1.88. The number of hydrogen-bond donors (Lipinski definition) is 0. The van der Waals surface area contributed by atoms with E-state index in [0.29, 0.717) is 21.6 Å². The molecule has 0 amide bonds. The Morgan fingerprint density at radius 1 is 1.11 bits per heavy atom. The molecule has 0 aliphatic rings. The van der Waals surface area contributed by atoms with Crippen molar-refractivity contribution in [1.82, 2.24) is 9.55 Å². The Kier molecular flexibility index (Phi) is 4.57. The van der Waals surface area contributed by atoms with Crippen molar-refractivity contribution in [3.63, 3.8) is 0 Å². The van der Waals surface area contributed by atoms with Gasteiger partial charge in [0.15, 0.2) is 0 Å². The average molecular weight is 374 g/mol. The minimum Gasteiger partial charge on any atom is -0.284 e. The van der Waals surface area contributed by atoms with Crippen molar-refractivity contribution in [3.8, 4) is 22.8 Å². The maximum atomic E-state index is 14.1. The molecule has 3 nitrogen and oxygen atoms in total. The molecule has 0 spiro atoms. The number of thiophene rings is 1. The molecule has 2 heterocycles. The second-order valence-electron chi connectivity index (χ2n) is 6.09. The van der Waals surface area contributed by atoms with Gasteiger partial charge in [-0.15, -0.1) is 17.8 Å². The number of terminal acetylenes is 1. The molecule has 132 valence electrons. The fourth-order valence-electron chi connectivity index (χ4n) is 3.00. The van der Waals surface area contributed by atoms with E-state index in [4.69, 9.17) is 6.42 Å². The summed E-state index contributed by atoms with van der Waals surface area (Å²) in [6, 6.07) is 18.2. The third-order valence-corrected chi connectivity index (χ3v) is 5.42. The second-order valence-corrected chi connectivity index (χ2v) is 7.12. The fourth-order valence-corrected chi connectivity index (χ4v) is 4.05. The minimum atomic E-state index is -0.324. The quantitative estimate of drug-likeness (QED) is 0.494. The Bertz CT molecular complexity index is 1220. The zero-order chi connectivity index (χ0) is 18.8. The van der Waals surface area contributed by atoms with Crippen LogP contribution in [0.4, 0.5) is 4.39 Å². The molecule has 0 aliphatic carbocycles. The Morgan fingerprint density at radius 2 is 1.85 bits per heavy atom. The summed E-state index contributed by atoms with van der Waals surface area (Å²) in [5, 5.41) is 0.534. The van der Waals surface area contributed by atoms with Crippen LogP contribution in [0.3, 0.4) is 0 Å². The first-order valence-electron chi connectivity index (χ1n) is 8.43. The van der Waals surface area contributed by atoms with E-state index in [1.165, 1.54) is 22.0 Å². The van der Waals surface area contributed by atoms with Gasteiger partial charge in [-0.2, -0.15) is 0 Å². The molecule has 0 fully saturated rings. The van der Waals surface area contributed by atoms with Gasteiger partial charge in [0.25, 0.3) is 5.56 Å². The molecule has 0 unspecified atom stereocenters. The first-order valence-corrected chi connectivity index (χ1v) is 9.24. The second kappa shape index (κ2) is 7.18. The van der Waals surface area contributed by atoms with Crippen molar-refractivity contribution in [2.24, 2.45) is 0 Å². The van der Waals surface area contributed by atoms with Crippen LogP contribution >= 0.6 is 11.3 Å². The standard InChI is InChI=1S/C22H15FN2OS/c1-2-12-25-20(13-16-10-6-7-11-18(16)23)24-21-17(22(25)26)14-19(27-21)15-8-4-3-5-9-15/h1,3-11,14H,12-13H2. The number of rotatable bonds is 4. The SMILES string of the molecule is C#CCn1c(Cc2ccccc2F)nc2sc(-c3ccccc3)cc2c1=O. The number of hydrogen-bond acceptors (Lipinski definition) is 3. The van der Waals surface area contributed by atoms with Gasteiger partial charge in [0, 0.05) is 11.3 Å². The summed E-state index contributed by atoms with van der Waals surface area (Å²) in [4.78, 5) is 19.3. The molecule has 0 bridgehead atoms. The van der Waals surface area contributed by atoms with E-state index >= 15 is 0 Å². The summed E-state index contributed by atoms with van der Waals surface area (Å²) in [5.41, 5.74) is 1.32. The molecule has 0 saturated heterocycles. The van der Waals surface area contributed by atoms with E-state index < -0.39 is 0 Å². The fraction of sp³-hybridized carbons (Fsp3) is 0.0909. The summed E-state index contributed by atoms with van der Waals surface area (Å²) in [5.74, 6) is 2.65. The van der Waals surface area contributed by atoms with Crippen molar-refractivity contribution in [2.75, 3.05) is 0 Å². The highest BCUT2D eigenvalue weighted by Crippen LogP contribution is 2.31. The lowest BCUT2D eigenvalue weighted by Gasteiger charge is -2.10. The van der Waals surface area contributed by atoms with E-state index in [2.05, 4.69) is 10.9 Å². The predicted octanol–water partition coefficient (Wildman–Crippen LogP) is 4.49. The molecule has 0 radical (unpaired) electrons. The first-order chi connectivity index (χ1) is 13.2. The molecular formula is C22H15FN2OS. The monoisotopic (exact) mass is 374 g/mol. The summed E-state index contributed by atoms with van der Waals surface area (Å²) < 4.78 is 15.5. The van der Waals surface area contributed by atoms with Crippen LogP contribution in [0.25, 0.3) is 20.7 Å². The Labute approximate surface area is 159 Å². The van der Waals surface area contributed by atoms with E-state index in [1.54, 1.807) is 18.2 Å². The van der Waals surface area contributed by atoms with Gasteiger partial charge in [-0.3, -0.25) is 9.36 Å². The van der Waals surface area contributed by atoms with Crippen LogP contribution in [-0.4, -0.2) is 9.55 Å². The van der Waals surface area contributed by atoms with Crippen LogP contribution in [0.5, 0.6) is 0 Å². The van der Waals surface area contributed by atoms with Crippen molar-refractivity contribution in [2.45, 2.75) is 13.0 Å². The normalized spacial score (nSPS) is 10.8. The van der Waals surface area contributed by atoms with Gasteiger partial charge in [-0.1, -0.05) is 54.5 Å². The van der Waals surface area contributed by atoms with Gasteiger partial charge in [0.2, 0.25) is 0 Å². The van der Waals surface area contributed by atoms with Gasteiger partial charge in [0.1, 0.15) is 16.5 Å². The van der Waals surface area contributed by atoms with Gasteiger partial charge in [-0.25, -0.2) is 9.37 Å². The molecule has 27 heavy (non-hydrogen) atoms. The maximum Gasteiger partial charge on any atom is 0.263 e. The van der Waals surface area contributed by atoms with E-state index in [0.717, 1.165) is 10.4 Å². The smallest absolute Gasteiger partial charge is 0.263 e. The van der Waals surface area contributed by atoms with Crippen LogP contribution < -0.4 is 5.56 Å². The van der Waals surface area contributed by atoms with Gasteiger partial charge in [0.05, 0.1) is 11.9 Å². The highest BCUT2D eigenvalue weighted by atomic mass is 32.1. The van der Waals surface area contributed by atoms with Crippen molar-refractivity contribution < 1.29 is 4.39 Å². The summed E-state index contributed by atoms with van der Waals surface area (Å²) in [6.07, 6.45) is 5.66. The minimum absolute atomic E-state index is 0.0993. The van der Waals surface area contributed by atoms with Crippen LogP contribution in [0.1, 0.15) is 11.4 Å². The Hall–Kier alpha value is -3.23. The molecule has 4 aromatic rings. The number of halogens is 1. The highest BCUT2D eigenvalue weighted by molar-refractivity contribution is 7.21. The average Bonchev–Trinajstić information content (AvgIpc) is 3.12. The third kappa shape index (κ3) is 3.27. The molecule has 0 aliphatic heterocycles. The number of fused-ring (bicyclic) bond motifs is 1. The lowest BCUT2D eigenvalue weighted by Crippen LogP contribution is -2.24. The van der Waals surface area contributed by atoms with Crippen molar-refractivity contribution in [1.29, 1.82) is 0 Å². The molecule has 0 saturated carbocycles. The summed E-state index contributed by atoms with van der Waals surface area (Å²) in [6.45, 7) is 0.0993. The molecule has 0 atom stereocenters. The zero-order valence-corrected chi connectivity index (χ0v) is 15.2. The summed E-state index contributed by atoms with van der Waals surface area (Å²) in [7, 11) is 0. The number of nitrogens with zero attached hydrogens (tertiary/aromatic N) is 2. The lowest BCUT2D eigenvalue weighted by atomic mass is 10.1. The van der Waals surface area contributed by atoms with Gasteiger partial charge >= 0.3 is 0 Å². The van der Waals surface area contributed by atoms with Crippen molar-refractivity contribution >= 4 is 21.6 Å². The van der Waals surface area contributed by atoms with E-state index in [-0.39, 0.29) is 24.3 Å². The molecule has 5 heteroatoms. The highest BCUT2D eigenvalue weighted by Gasteiger charge is 2.16. The third-order valence-electron chi connectivity index (χ3n) is 4.34. The van der Waals surface area contributed by atoms with Crippen LogP contribution in [-0.2, 0) is 13.0 Å². The van der Waals surface area contributed by atoms with Crippen LogP contribution in [0, 0.1) is 18.2 Å². The molecule has 2 aromatic carbocycles. The molecular weight excluding hydrogens is 359 g/mol. The lowest BCUT2D eigenvalue weighted by molar-refractivity contribution is 0.607. The van der Waals surface area contributed by atoms with Gasteiger partial charge < -0.3 is 0 Å². The van der Waals surface area contributed by atoms with E-state index in [9.17, 15) is 9.18 Å². The molecule has 0 N–H and O–H groups in total. The molecule has 2 aromatic heterocycles. The zero-order valence-electron chi connectivity index (χ0n) is 14.4. The topological polar surface area (TPSA) is 34.9 Å². The number of benzene rings is 2. The first kappa shape index (κ1) is 17.2. The largest absolute Gasteiger partial charge is 0.284 e. The van der Waals surface area contributed by atoms with E-state index in [1.807, 2.05) is 36.4 Å². The predicted molar refractivity (Wildman–Crippen MR) is 107 cm³/mol. The van der Waals surface area contributed by atoms with Crippen LogP contribution in [0.2, 0.25) is 0 Å². The maximum absolute atomic E-state index is 14.1.